The van der Waals surface area contributed by atoms with Crippen molar-refractivity contribution >= 4 is 35.0 Å². The van der Waals surface area contributed by atoms with Crippen molar-refractivity contribution in [2.45, 2.75) is 64.1 Å². The Balaban J connectivity index is 1.39. The predicted molar refractivity (Wildman–Crippen MR) is 137 cm³/mol. The molecule has 2 aromatic rings. The molecular formula is C27H34ClN3O3. The molecule has 4 rings (SSSR count). The van der Waals surface area contributed by atoms with Gasteiger partial charge in [0.15, 0.2) is 0 Å². The molecular weight excluding hydrogens is 450 g/mol. The van der Waals surface area contributed by atoms with E-state index in [1.807, 2.05) is 80.3 Å². The van der Waals surface area contributed by atoms with Crippen LogP contribution < -0.4 is 9.80 Å². The Kier molecular flexibility index (Phi) is 7.48. The van der Waals surface area contributed by atoms with Gasteiger partial charge in [0.05, 0.1) is 17.3 Å². The van der Waals surface area contributed by atoms with Crippen LogP contribution in [0.3, 0.4) is 0 Å². The van der Waals surface area contributed by atoms with Crippen molar-refractivity contribution in [2.75, 3.05) is 29.4 Å². The summed E-state index contributed by atoms with van der Waals surface area (Å²) in [5, 5.41) is 0.605. The van der Waals surface area contributed by atoms with E-state index in [2.05, 4.69) is 4.90 Å². The van der Waals surface area contributed by atoms with Gasteiger partial charge in [0.2, 0.25) is 5.91 Å². The summed E-state index contributed by atoms with van der Waals surface area (Å²) in [5.74, 6) is 0.0844. The summed E-state index contributed by atoms with van der Waals surface area (Å²) < 4.78 is 5.74. The second-order valence-electron chi connectivity index (χ2n) is 10.1. The summed E-state index contributed by atoms with van der Waals surface area (Å²) >= 11 is 6.32. The van der Waals surface area contributed by atoms with Crippen LogP contribution in [0.2, 0.25) is 5.02 Å². The van der Waals surface area contributed by atoms with Crippen LogP contribution in [0.5, 0.6) is 0 Å². The number of benzene rings is 2. The number of nitrogens with zero attached hydrogens (tertiary/aromatic N) is 3. The van der Waals surface area contributed by atoms with Crippen molar-refractivity contribution in [3.8, 4) is 0 Å². The van der Waals surface area contributed by atoms with Gasteiger partial charge in [-0.2, -0.15) is 0 Å². The summed E-state index contributed by atoms with van der Waals surface area (Å²) in [7, 11) is 0. The van der Waals surface area contributed by atoms with Gasteiger partial charge in [-0.15, -0.1) is 0 Å². The Morgan fingerprint density at radius 2 is 1.62 bits per heavy atom. The van der Waals surface area contributed by atoms with Crippen molar-refractivity contribution in [3.63, 3.8) is 0 Å². The number of carbonyl (C=O) groups is 2. The zero-order valence-electron chi connectivity index (χ0n) is 20.2. The molecule has 182 valence electrons. The van der Waals surface area contributed by atoms with Gasteiger partial charge < -0.3 is 9.64 Å². The third kappa shape index (κ3) is 5.73. The standard InChI is InChI=1S/C27H34ClN3O3/c1-27(2,3)34-26(33)31(21-9-5-4-6-10-21)22-15-13-20(14-16-22)29-17-18-30(25(32)19-29)24-12-8-7-11-23(24)28/h4-12,20,22H,13-19H2,1-3H3. The predicted octanol–water partition coefficient (Wildman–Crippen LogP) is 5.74. The molecule has 1 saturated heterocycles. The van der Waals surface area contributed by atoms with Gasteiger partial charge in [0.25, 0.3) is 0 Å². The Hall–Kier alpha value is -2.57. The first-order chi connectivity index (χ1) is 16.2. The first-order valence-electron chi connectivity index (χ1n) is 12.1. The number of anilines is 2. The number of carbonyl (C=O) groups excluding carboxylic acids is 2. The van der Waals surface area contributed by atoms with E-state index in [1.165, 1.54) is 0 Å². The fraction of sp³-hybridized carbons (Fsp3) is 0.481. The molecule has 1 aliphatic carbocycles. The summed E-state index contributed by atoms with van der Waals surface area (Å²) in [6.07, 6.45) is 3.33. The highest BCUT2D eigenvalue weighted by Gasteiger charge is 2.36. The zero-order chi connectivity index (χ0) is 24.3. The lowest BCUT2D eigenvalue weighted by Crippen LogP contribution is -2.55. The lowest BCUT2D eigenvalue weighted by atomic mass is 9.88. The average molecular weight is 484 g/mol. The highest BCUT2D eigenvalue weighted by molar-refractivity contribution is 6.33. The van der Waals surface area contributed by atoms with Crippen molar-refractivity contribution in [3.05, 3.63) is 59.6 Å². The summed E-state index contributed by atoms with van der Waals surface area (Å²) in [5.41, 5.74) is 1.10. The Bertz CT molecular complexity index is 1000. The first kappa shape index (κ1) is 24.6. The van der Waals surface area contributed by atoms with Crippen molar-refractivity contribution in [1.82, 2.24) is 4.90 Å². The lowest BCUT2D eigenvalue weighted by Gasteiger charge is -2.43. The molecule has 0 aromatic heterocycles. The zero-order valence-corrected chi connectivity index (χ0v) is 21.0. The fourth-order valence-electron chi connectivity index (χ4n) is 4.97. The van der Waals surface area contributed by atoms with Crippen molar-refractivity contribution in [1.29, 1.82) is 0 Å². The lowest BCUT2D eigenvalue weighted by molar-refractivity contribution is -0.122. The molecule has 2 fully saturated rings. The van der Waals surface area contributed by atoms with E-state index in [1.54, 1.807) is 4.90 Å². The molecule has 1 aliphatic heterocycles. The molecule has 1 saturated carbocycles. The number of ether oxygens (including phenoxy) is 1. The molecule has 0 unspecified atom stereocenters. The van der Waals surface area contributed by atoms with E-state index >= 15 is 0 Å². The minimum atomic E-state index is -0.553. The summed E-state index contributed by atoms with van der Waals surface area (Å²) in [4.78, 5) is 32.0. The van der Waals surface area contributed by atoms with Crippen LogP contribution in [0, 0.1) is 0 Å². The second kappa shape index (κ2) is 10.4. The van der Waals surface area contributed by atoms with Gasteiger partial charge >= 0.3 is 6.09 Å². The maximum atomic E-state index is 13.1. The normalized spacial score (nSPS) is 21.9. The van der Waals surface area contributed by atoms with Crippen LogP contribution in [0.1, 0.15) is 46.5 Å². The summed E-state index contributed by atoms with van der Waals surface area (Å²) in [6, 6.07) is 17.7. The third-order valence-electron chi connectivity index (χ3n) is 6.57. The van der Waals surface area contributed by atoms with E-state index < -0.39 is 5.60 Å². The monoisotopic (exact) mass is 483 g/mol. The molecule has 34 heavy (non-hydrogen) atoms. The van der Waals surface area contributed by atoms with E-state index in [9.17, 15) is 9.59 Å². The van der Waals surface area contributed by atoms with Crippen molar-refractivity contribution in [2.24, 2.45) is 0 Å². The summed E-state index contributed by atoms with van der Waals surface area (Å²) in [6.45, 7) is 7.53. The van der Waals surface area contributed by atoms with E-state index in [0.717, 1.165) is 43.6 Å². The van der Waals surface area contributed by atoms with Crippen LogP contribution >= 0.6 is 11.6 Å². The van der Waals surface area contributed by atoms with Crippen LogP contribution in [-0.4, -0.2) is 54.2 Å². The van der Waals surface area contributed by atoms with Gasteiger partial charge in [-0.25, -0.2) is 4.79 Å². The SMILES string of the molecule is CC(C)(C)OC(=O)N(c1ccccc1)C1CCC(N2CCN(c3ccccc3Cl)C(=O)C2)CC1. The third-order valence-corrected chi connectivity index (χ3v) is 6.89. The van der Waals surface area contributed by atoms with Crippen LogP contribution in [0.4, 0.5) is 16.2 Å². The smallest absolute Gasteiger partial charge is 0.415 e. The van der Waals surface area contributed by atoms with Gasteiger partial charge in [-0.1, -0.05) is 41.9 Å². The molecule has 2 aromatic carbocycles. The number of amides is 2. The Morgan fingerprint density at radius 1 is 0.971 bits per heavy atom. The molecule has 2 amide bonds. The molecule has 2 aliphatic rings. The topological polar surface area (TPSA) is 53.1 Å². The maximum absolute atomic E-state index is 13.1. The quantitative estimate of drug-likeness (QED) is 0.556. The minimum Gasteiger partial charge on any atom is -0.443 e. The van der Waals surface area contributed by atoms with Crippen LogP contribution in [0.25, 0.3) is 0 Å². The average Bonchev–Trinajstić information content (AvgIpc) is 2.80. The number of para-hydroxylation sites is 2. The number of piperazine rings is 1. The largest absolute Gasteiger partial charge is 0.443 e. The van der Waals surface area contributed by atoms with Gasteiger partial charge in [0, 0.05) is 30.9 Å². The van der Waals surface area contributed by atoms with E-state index in [-0.39, 0.29) is 18.0 Å². The fourth-order valence-corrected chi connectivity index (χ4v) is 5.21. The molecule has 1 heterocycles. The van der Waals surface area contributed by atoms with Gasteiger partial charge in [-0.05, 0) is 70.7 Å². The Morgan fingerprint density at radius 3 is 2.24 bits per heavy atom. The molecule has 7 heteroatoms. The molecule has 0 radical (unpaired) electrons. The first-order valence-corrected chi connectivity index (χ1v) is 12.5. The van der Waals surface area contributed by atoms with Crippen molar-refractivity contribution < 1.29 is 14.3 Å². The highest BCUT2D eigenvalue weighted by atomic mass is 35.5. The maximum Gasteiger partial charge on any atom is 0.415 e. The van der Waals surface area contributed by atoms with Crippen LogP contribution in [0.15, 0.2) is 54.6 Å². The van der Waals surface area contributed by atoms with E-state index in [4.69, 9.17) is 16.3 Å². The molecule has 0 atom stereocenters. The second-order valence-corrected chi connectivity index (χ2v) is 10.5. The number of hydrogen-bond acceptors (Lipinski definition) is 4. The van der Waals surface area contributed by atoms with Gasteiger partial charge in [0.1, 0.15) is 5.60 Å². The molecule has 6 nitrogen and oxygen atoms in total. The molecule has 0 spiro atoms. The number of rotatable bonds is 4. The Labute approximate surface area is 207 Å². The van der Waals surface area contributed by atoms with Gasteiger partial charge in [-0.3, -0.25) is 14.6 Å². The number of hydrogen-bond donors (Lipinski definition) is 0. The number of halogens is 1. The highest BCUT2D eigenvalue weighted by Crippen LogP contribution is 2.33. The van der Waals surface area contributed by atoms with E-state index in [0.29, 0.717) is 24.2 Å². The molecule has 0 N–H and O–H groups in total. The van der Waals surface area contributed by atoms with Crippen LogP contribution in [-0.2, 0) is 9.53 Å². The molecule has 0 bridgehead atoms. The minimum absolute atomic E-state index is 0.0774.